The van der Waals surface area contributed by atoms with Crippen LogP contribution in [0.15, 0.2) is 4.52 Å². The molecule has 1 aromatic rings. The highest BCUT2D eigenvalue weighted by molar-refractivity contribution is 5.79. The first-order chi connectivity index (χ1) is 6.75. The number of aryl methyl sites for hydroxylation is 1. The molecule has 0 bridgehead atoms. The summed E-state index contributed by atoms with van der Waals surface area (Å²) < 4.78 is 4.77. The Bertz CT molecular complexity index is 332. The van der Waals surface area contributed by atoms with Crippen LogP contribution in [0.1, 0.15) is 11.7 Å². The van der Waals surface area contributed by atoms with E-state index in [-0.39, 0.29) is 11.8 Å². The standard InChI is InChI=1S/C8H12N4O2/c1-5-11-7(12-14-5)4-10-8(13)6-2-9-3-6/h6,9H,2-4H2,1H3,(H,10,13). The van der Waals surface area contributed by atoms with Crippen molar-refractivity contribution in [1.29, 1.82) is 0 Å². The number of rotatable bonds is 3. The Balaban J connectivity index is 1.79. The molecule has 1 fully saturated rings. The molecule has 6 nitrogen and oxygen atoms in total. The van der Waals surface area contributed by atoms with Crippen molar-refractivity contribution < 1.29 is 9.32 Å². The van der Waals surface area contributed by atoms with Crippen LogP contribution in [-0.4, -0.2) is 29.1 Å². The Morgan fingerprint density at radius 3 is 3.00 bits per heavy atom. The number of nitrogens with zero attached hydrogens (tertiary/aromatic N) is 2. The van der Waals surface area contributed by atoms with E-state index < -0.39 is 0 Å². The van der Waals surface area contributed by atoms with Gasteiger partial charge in [0.25, 0.3) is 0 Å². The molecule has 1 amide bonds. The zero-order valence-electron chi connectivity index (χ0n) is 7.91. The molecule has 6 heteroatoms. The summed E-state index contributed by atoms with van der Waals surface area (Å²) in [6.07, 6.45) is 0. The van der Waals surface area contributed by atoms with Gasteiger partial charge in [0.15, 0.2) is 5.82 Å². The van der Waals surface area contributed by atoms with Gasteiger partial charge in [-0.1, -0.05) is 5.16 Å². The molecule has 0 spiro atoms. The van der Waals surface area contributed by atoms with Gasteiger partial charge in [-0.2, -0.15) is 4.98 Å². The van der Waals surface area contributed by atoms with Gasteiger partial charge in [0.1, 0.15) is 0 Å². The Hall–Kier alpha value is -1.43. The van der Waals surface area contributed by atoms with Crippen molar-refractivity contribution in [2.45, 2.75) is 13.5 Å². The highest BCUT2D eigenvalue weighted by atomic mass is 16.5. The van der Waals surface area contributed by atoms with E-state index in [4.69, 9.17) is 4.52 Å². The summed E-state index contributed by atoms with van der Waals surface area (Å²) in [5.41, 5.74) is 0. The quantitative estimate of drug-likeness (QED) is 0.662. The minimum atomic E-state index is 0.0474. The maximum absolute atomic E-state index is 11.4. The lowest BCUT2D eigenvalue weighted by Gasteiger charge is -2.25. The predicted molar refractivity (Wildman–Crippen MR) is 47.2 cm³/mol. The number of carbonyl (C=O) groups excluding carboxylic acids is 1. The molecule has 1 aliphatic rings. The normalized spacial score (nSPS) is 16.4. The molecule has 0 saturated carbocycles. The van der Waals surface area contributed by atoms with Crippen LogP contribution in [0.25, 0.3) is 0 Å². The van der Waals surface area contributed by atoms with E-state index in [1.54, 1.807) is 6.92 Å². The number of aromatic nitrogens is 2. The number of amides is 1. The lowest BCUT2D eigenvalue weighted by atomic mass is 10.0. The van der Waals surface area contributed by atoms with Gasteiger partial charge in [-0.25, -0.2) is 0 Å². The third-order valence-corrected chi connectivity index (χ3v) is 2.14. The molecule has 1 aliphatic heterocycles. The van der Waals surface area contributed by atoms with E-state index in [0.717, 1.165) is 13.1 Å². The minimum absolute atomic E-state index is 0.0474. The average Bonchev–Trinajstić information content (AvgIpc) is 2.45. The fraction of sp³-hybridized carbons (Fsp3) is 0.625. The van der Waals surface area contributed by atoms with Gasteiger partial charge in [-0.3, -0.25) is 4.79 Å². The SMILES string of the molecule is Cc1nc(CNC(=O)C2CNC2)no1. The summed E-state index contributed by atoms with van der Waals surface area (Å²) in [6.45, 7) is 3.58. The molecule has 76 valence electrons. The number of carbonyl (C=O) groups is 1. The first-order valence-electron chi connectivity index (χ1n) is 4.53. The van der Waals surface area contributed by atoms with Crippen LogP contribution in [0.4, 0.5) is 0 Å². The van der Waals surface area contributed by atoms with Gasteiger partial charge in [-0.05, 0) is 0 Å². The monoisotopic (exact) mass is 196 g/mol. The Morgan fingerprint density at radius 1 is 1.71 bits per heavy atom. The second kappa shape index (κ2) is 3.75. The van der Waals surface area contributed by atoms with E-state index in [0.29, 0.717) is 18.3 Å². The van der Waals surface area contributed by atoms with Crippen molar-refractivity contribution in [3.63, 3.8) is 0 Å². The number of hydrogen-bond acceptors (Lipinski definition) is 5. The topological polar surface area (TPSA) is 80.0 Å². The number of nitrogens with one attached hydrogen (secondary N) is 2. The molecule has 2 rings (SSSR count). The van der Waals surface area contributed by atoms with Crippen molar-refractivity contribution in [2.24, 2.45) is 5.92 Å². The molecule has 0 aromatic carbocycles. The van der Waals surface area contributed by atoms with E-state index in [9.17, 15) is 4.79 Å². The van der Waals surface area contributed by atoms with E-state index in [2.05, 4.69) is 20.8 Å². The van der Waals surface area contributed by atoms with E-state index in [1.165, 1.54) is 0 Å². The van der Waals surface area contributed by atoms with Crippen molar-refractivity contribution in [1.82, 2.24) is 20.8 Å². The van der Waals surface area contributed by atoms with Crippen molar-refractivity contribution >= 4 is 5.91 Å². The third-order valence-electron chi connectivity index (χ3n) is 2.14. The summed E-state index contributed by atoms with van der Waals surface area (Å²) in [7, 11) is 0. The lowest BCUT2D eigenvalue weighted by molar-refractivity contribution is -0.126. The van der Waals surface area contributed by atoms with Crippen molar-refractivity contribution in [2.75, 3.05) is 13.1 Å². The third kappa shape index (κ3) is 1.90. The van der Waals surface area contributed by atoms with Crippen LogP contribution in [0.3, 0.4) is 0 Å². The van der Waals surface area contributed by atoms with Crippen LogP contribution in [-0.2, 0) is 11.3 Å². The van der Waals surface area contributed by atoms with Crippen LogP contribution >= 0.6 is 0 Å². The van der Waals surface area contributed by atoms with Gasteiger partial charge in [0, 0.05) is 20.0 Å². The van der Waals surface area contributed by atoms with Crippen molar-refractivity contribution in [3.8, 4) is 0 Å². The Kier molecular flexibility index (Phi) is 2.45. The van der Waals surface area contributed by atoms with Gasteiger partial charge < -0.3 is 15.2 Å². The second-order valence-corrected chi connectivity index (χ2v) is 3.30. The molecular weight excluding hydrogens is 184 g/mol. The fourth-order valence-electron chi connectivity index (χ4n) is 1.20. The van der Waals surface area contributed by atoms with Crippen LogP contribution in [0.2, 0.25) is 0 Å². The molecule has 0 unspecified atom stereocenters. The first-order valence-corrected chi connectivity index (χ1v) is 4.53. The van der Waals surface area contributed by atoms with E-state index >= 15 is 0 Å². The fourth-order valence-corrected chi connectivity index (χ4v) is 1.20. The smallest absolute Gasteiger partial charge is 0.226 e. The summed E-state index contributed by atoms with van der Waals surface area (Å²) in [6, 6.07) is 0. The summed E-state index contributed by atoms with van der Waals surface area (Å²) >= 11 is 0. The van der Waals surface area contributed by atoms with Gasteiger partial charge >= 0.3 is 0 Å². The van der Waals surface area contributed by atoms with Gasteiger partial charge in [0.2, 0.25) is 11.8 Å². The highest BCUT2D eigenvalue weighted by Gasteiger charge is 2.24. The zero-order chi connectivity index (χ0) is 9.97. The van der Waals surface area contributed by atoms with Crippen LogP contribution in [0, 0.1) is 12.8 Å². The maximum Gasteiger partial charge on any atom is 0.226 e. The van der Waals surface area contributed by atoms with Gasteiger partial charge in [0.05, 0.1) is 12.5 Å². The summed E-state index contributed by atoms with van der Waals surface area (Å²) in [5, 5.41) is 9.46. The first kappa shape index (κ1) is 9.14. The minimum Gasteiger partial charge on any atom is -0.348 e. The lowest BCUT2D eigenvalue weighted by Crippen LogP contribution is -2.50. The maximum atomic E-state index is 11.4. The van der Waals surface area contributed by atoms with Crippen LogP contribution < -0.4 is 10.6 Å². The largest absolute Gasteiger partial charge is 0.348 e. The summed E-state index contributed by atoms with van der Waals surface area (Å²) in [4.78, 5) is 15.3. The summed E-state index contributed by atoms with van der Waals surface area (Å²) in [5.74, 6) is 1.18. The molecule has 14 heavy (non-hydrogen) atoms. The molecule has 1 saturated heterocycles. The average molecular weight is 196 g/mol. The number of hydrogen-bond donors (Lipinski definition) is 2. The second-order valence-electron chi connectivity index (χ2n) is 3.30. The molecule has 0 radical (unpaired) electrons. The molecule has 0 atom stereocenters. The molecule has 2 heterocycles. The predicted octanol–water partition coefficient (Wildman–Crippen LogP) is -0.786. The molecule has 0 aliphatic carbocycles. The Morgan fingerprint density at radius 2 is 2.50 bits per heavy atom. The van der Waals surface area contributed by atoms with E-state index in [1.807, 2.05) is 0 Å². The highest BCUT2D eigenvalue weighted by Crippen LogP contribution is 2.02. The van der Waals surface area contributed by atoms with Crippen LogP contribution in [0.5, 0.6) is 0 Å². The van der Waals surface area contributed by atoms with Crippen molar-refractivity contribution in [3.05, 3.63) is 11.7 Å². The molecular formula is C8H12N4O2. The zero-order valence-corrected chi connectivity index (χ0v) is 7.91. The Labute approximate surface area is 81.1 Å². The molecule has 2 N–H and O–H groups in total. The van der Waals surface area contributed by atoms with Gasteiger partial charge in [-0.15, -0.1) is 0 Å². The molecule has 1 aromatic heterocycles.